The van der Waals surface area contributed by atoms with E-state index < -0.39 is 0 Å². The highest BCUT2D eigenvalue weighted by Crippen LogP contribution is 2.22. The number of aromatic nitrogens is 3. The van der Waals surface area contributed by atoms with Crippen molar-refractivity contribution in [2.45, 2.75) is 64.3 Å². The Morgan fingerprint density at radius 2 is 1.79 bits per heavy atom. The Morgan fingerprint density at radius 3 is 2.46 bits per heavy atom. The van der Waals surface area contributed by atoms with Gasteiger partial charge in [-0.05, 0) is 75.0 Å². The maximum absolute atomic E-state index is 13.4. The van der Waals surface area contributed by atoms with E-state index in [0.717, 1.165) is 42.3 Å². The molecule has 2 aliphatic heterocycles. The van der Waals surface area contributed by atoms with E-state index >= 15 is 0 Å². The summed E-state index contributed by atoms with van der Waals surface area (Å²) in [6.45, 7) is 4.67. The van der Waals surface area contributed by atoms with Gasteiger partial charge in [-0.2, -0.15) is 4.68 Å². The maximum Gasteiger partial charge on any atom is 0.203 e. The van der Waals surface area contributed by atoms with Crippen molar-refractivity contribution < 1.29 is 14.0 Å². The molecule has 3 heterocycles. The number of nitrogens with one attached hydrogen (secondary N) is 1. The van der Waals surface area contributed by atoms with Crippen LogP contribution in [0, 0.1) is 10.6 Å². The van der Waals surface area contributed by atoms with Crippen molar-refractivity contribution in [1.29, 1.82) is 0 Å². The van der Waals surface area contributed by atoms with Gasteiger partial charge in [0.05, 0.1) is 25.7 Å². The molecule has 1 atom stereocenters. The summed E-state index contributed by atoms with van der Waals surface area (Å²) in [5, 5.41) is 4.88. The van der Waals surface area contributed by atoms with Crippen LogP contribution in [0.1, 0.15) is 44.9 Å². The number of quaternary nitrogens is 1. The zero-order valence-corrected chi connectivity index (χ0v) is 17.2. The van der Waals surface area contributed by atoms with Crippen LogP contribution in [-0.4, -0.2) is 40.1 Å². The molecular weight excluding hydrogens is 375 g/mol. The van der Waals surface area contributed by atoms with E-state index in [1.165, 1.54) is 57.3 Å². The van der Waals surface area contributed by atoms with Gasteiger partial charge in [0.15, 0.2) is 12.5 Å². The van der Waals surface area contributed by atoms with Crippen LogP contribution < -0.4 is 4.90 Å². The van der Waals surface area contributed by atoms with Gasteiger partial charge in [-0.3, -0.25) is 4.57 Å². The van der Waals surface area contributed by atoms with Gasteiger partial charge in [-0.1, -0.05) is 6.42 Å². The van der Waals surface area contributed by atoms with Crippen LogP contribution in [0.15, 0.2) is 24.3 Å². The van der Waals surface area contributed by atoms with Gasteiger partial charge < -0.3 is 9.64 Å². The Hall–Kier alpha value is -1.57. The van der Waals surface area contributed by atoms with Crippen LogP contribution in [-0.2, 0) is 18.0 Å². The first-order valence-corrected chi connectivity index (χ1v) is 11.0. The number of ether oxygens (including phenoxy) is 1. The van der Waals surface area contributed by atoms with Gasteiger partial charge in [-0.15, -0.1) is 5.10 Å². The molecule has 5 nitrogen and oxygen atoms in total. The molecule has 7 heteroatoms. The van der Waals surface area contributed by atoms with Crippen LogP contribution in [0.25, 0.3) is 11.4 Å². The second kappa shape index (κ2) is 9.29. The predicted molar refractivity (Wildman–Crippen MR) is 109 cm³/mol. The summed E-state index contributed by atoms with van der Waals surface area (Å²) >= 11 is 5.82. The van der Waals surface area contributed by atoms with E-state index in [2.05, 4.69) is 4.57 Å². The first-order chi connectivity index (χ1) is 13.7. The van der Waals surface area contributed by atoms with Gasteiger partial charge in [0.2, 0.25) is 4.77 Å². The van der Waals surface area contributed by atoms with Crippen molar-refractivity contribution in [3.8, 4) is 11.4 Å². The molecule has 0 amide bonds. The average molecular weight is 406 g/mol. The normalized spacial score (nSPS) is 21.5. The predicted octanol–water partition coefficient (Wildman–Crippen LogP) is 3.21. The minimum Gasteiger partial charge on any atom is -0.376 e. The van der Waals surface area contributed by atoms with E-state index in [9.17, 15) is 4.39 Å². The first-order valence-electron chi connectivity index (χ1n) is 10.6. The number of likely N-dealkylation sites (tertiary alicyclic amines) is 1. The lowest BCUT2D eigenvalue weighted by atomic mass is 10.1. The highest BCUT2D eigenvalue weighted by molar-refractivity contribution is 7.71. The molecule has 0 saturated carbocycles. The SMILES string of the molecule is Fc1ccc(-c2nn(C[NH+]3CCCCCCC3)c(=S)n2C[C@@H]2CCCO2)cc1. The zero-order chi connectivity index (χ0) is 19.3. The van der Waals surface area contributed by atoms with E-state index in [-0.39, 0.29) is 11.9 Å². The molecule has 28 heavy (non-hydrogen) atoms. The zero-order valence-electron chi connectivity index (χ0n) is 16.4. The Kier molecular flexibility index (Phi) is 6.54. The second-order valence-electron chi connectivity index (χ2n) is 8.03. The third kappa shape index (κ3) is 4.70. The summed E-state index contributed by atoms with van der Waals surface area (Å²) in [5.41, 5.74) is 0.895. The fraction of sp³-hybridized carbons (Fsp3) is 0.619. The lowest BCUT2D eigenvalue weighted by Crippen LogP contribution is -3.11. The molecule has 1 aromatic carbocycles. The van der Waals surface area contributed by atoms with E-state index in [1.54, 1.807) is 17.0 Å². The second-order valence-corrected chi connectivity index (χ2v) is 8.40. The maximum atomic E-state index is 13.4. The van der Waals surface area contributed by atoms with E-state index in [1.807, 2.05) is 4.68 Å². The molecule has 0 unspecified atom stereocenters. The van der Waals surface area contributed by atoms with Crippen molar-refractivity contribution in [2.75, 3.05) is 19.7 Å². The topological polar surface area (TPSA) is 36.4 Å². The molecule has 1 aromatic heterocycles. The Bertz CT molecular complexity index is 818. The third-order valence-corrected chi connectivity index (χ3v) is 6.30. The Morgan fingerprint density at radius 1 is 1.07 bits per heavy atom. The molecule has 2 aromatic rings. The fourth-order valence-corrected chi connectivity index (χ4v) is 4.55. The molecule has 0 bridgehead atoms. The molecule has 152 valence electrons. The fourth-order valence-electron chi connectivity index (χ4n) is 4.29. The molecule has 2 aliphatic rings. The summed E-state index contributed by atoms with van der Waals surface area (Å²) in [4.78, 5) is 1.54. The average Bonchev–Trinajstić information content (AvgIpc) is 3.28. The summed E-state index contributed by atoms with van der Waals surface area (Å²) < 4.78 is 24.1. The lowest BCUT2D eigenvalue weighted by molar-refractivity contribution is -0.924. The number of nitrogens with zero attached hydrogens (tertiary/aromatic N) is 3. The van der Waals surface area contributed by atoms with Gasteiger partial charge in [0, 0.05) is 12.2 Å². The van der Waals surface area contributed by atoms with Gasteiger partial charge in [0.25, 0.3) is 0 Å². The largest absolute Gasteiger partial charge is 0.376 e. The summed E-state index contributed by atoms with van der Waals surface area (Å²) in [5.74, 6) is 0.574. The highest BCUT2D eigenvalue weighted by atomic mass is 32.1. The molecule has 2 fully saturated rings. The Labute approximate surface area is 171 Å². The van der Waals surface area contributed by atoms with E-state index in [0.29, 0.717) is 6.54 Å². The number of benzene rings is 1. The van der Waals surface area contributed by atoms with Crippen LogP contribution in [0.3, 0.4) is 0 Å². The van der Waals surface area contributed by atoms with Crippen molar-refractivity contribution in [3.05, 3.63) is 34.9 Å². The molecule has 2 saturated heterocycles. The third-order valence-electron chi connectivity index (χ3n) is 5.87. The summed E-state index contributed by atoms with van der Waals surface area (Å²) in [7, 11) is 0. The molecule has 0 aliphatic carbocycles. The van der Waals surface area contributed by atoms with Gasteiger partial charge in [-0.25, -0.2) is 4.39 Å². The van der Waals surface area contributed by atoms with Crippen molar-refractivity contribution in [1.82, 2.24) is 14.3 Å². The molecule has 0 radical (unpaired) electrons. The molecular formula is C21H30FN4OS+. The van der Waals surface area contributed by atoms with Crippen molar-refractivity contribution in [2.24, 2.45) is 0 Å². The van der Waals surface area contributed by atoms with E-state index in [4.69, 9.17) is 22.1 Å². The van der Waals surface area contributed by atoms with Crippen LogP contribution in [0.2, 0.25) is 0 Å². The number of halogens is 1. The number of hydrogen-bond donors (Lipinski definition) is 1. The van der Waals surface area contributed by atoms with Crippen LogP contribution in [0.4, 0.5) is 4.39 Å². The standard InChI is InChI=1S/C21H29FN4OS/c22-18-10-8-17(9-11-18)20-23-26(16-24-12-4-2-1-3-5-13-24)21(28)25(20)15-19-7-6-14-27-19/h8-11,19H,1-7,12-16H2/p+1/t19-/m0/s1. The highest BCUT2D eigenvalue weighted by Gasteiger charge is 2.22. The number of rotatable bonds is 5. The minimum atomic E-state index is -0.238. The molecule has 1 N–H and O–H groups in total. The molecule has 4 rings (SSSR count). The molecule has 0 spiro atoms. The van der Waals surface area contributed by atoms with Crippen molar-refractivity contribution >= 4 is 12.2 Å². The quantitative estimate of drug-likeness (QED) is 0.776. The number of hydrogen-bond acceptors (Lipinski definition) is 3. The summed E-state index contributed by atoms with van der Waals surface area (Å²) in [6.07, 6.45) is 8.86. The Balaban J connectivity index is 1.62. The van der Waals surface area contributed by atoms with Gasteiger partial charge in [0.1, 0.15) is 5.82 Å². The minimum absolute atomic E-state index is 0.178. The van der Waals surface area contributed by atoms with Gasteiger partial charge >= 0.3 is 0 Å². The lowest BCUT2D eigenvalue weighted by Gasteiger charge is -2.21. The smallest absolute Gasteiger partial charge is 0.203 e. The van der Waals surface area contributed by atoms with Crippen molar-refractivity contribution in [3.63, 3.8) is 0 Å². The first kappa shape index (κ1) is 19.7. The van der Waals surface area contributed by atoms with Crippen LogP contribution >= 0.6 is 12.2 Å². The van der Waals surface area contributed by atoms with Crippen LogP contribution in [0.5, 0.6) is 0 Å². The summed E-state index contributed by atoms with van der Waals surface area (Å²) in [6, 6.07) is 6.53. The monoisotopic (exact) mass is 405 g/mol.